The normalized spacial score (nSPS) is 16.7. The number of hydrogen-bond acceptors (Lipinski definition) is 4. The fourth-order valence-electron chi connectivity index (χ4n) is 3.30. The van der Waals surface area contributed by atoms with Crippen molar-refractivity contribution in [3.8, 4) is 0 Å². The molecule has 0 bridgehead atoms. The minimum atomic E-state index is -0.0907. The van der Waals surface area contributed by atoms with Crippen LogP contribution in [0.3, 0.4) is 0 Å². The maximum absolute atomic E-state index is 13.2. The molecule has 3 heterocycles. The van der Waals surface area contributed by atoms with Crippen LogP contribution < -0.4 is 5.32 Å². The molecular formula is C18H21Cl2N5O. The van der Waals surface area contributed by atoms with E-state index in [0.717, 1.165) is 23.1 Å². The highest BCUT2D eigenvalue weighted by molar-refractivity contribution is 6.05. The average Bonchev–Trinajstić information content (AvgIpc) is 3.06. The zero-order valence-electron chi connectivity index (χ0n) is 14.3. The molecule has 4 rings (SSSR count). The molecule has 8 heteroatoms. The number of hydrogen-bond donors (Lipinski definition) is 1. The molecule has 3 aromatic rings. The zero-order valence-corrected chi connectivity index (χ0v) is 16.0. The number of carbonyl (C=O) groups is 1. The van der Waals surface area contributed by atoms with E-state index in [-0.39, 0.29) is 36.8 Å². The summed E-state index contributed by atoms with van der Waals surface area (Å²) in [5.41, 5.74) is 0.509. The van der Waals surface area contributed by atoms with Gasteiger partial charge in [0.15, 0.2) is 0 Å². The minimum absolute atomic E-state index is 0. The SMILES string of the molecule is Cl.Cl.Cn1ccnc1C1CNCCN1C(=O)c1nccc2ccccc12. The van der Waals surface area contributed by atoms with Crippen LogP contribution in [0.1, 0.15) is 22.4 Å². The molecule has 1 aromatic carbocycles. The molecule has 6 nitrogen and oxygen atoms in total. The average molecular weight is 394 g/mol. The van der Waals surface area contributed by atoms with Gasteiger partial charge >= 0.3 is 0 Å². The summed E-state index contributed by atoms with van der Waals surface area (Å²) in [4.78, 5) is 23.9. The van der Waals surface area contributed by atoms with Gasteiger partial charge in [-0.3, -0.25) is 9.78 Å². The first-order chi connectivity index (χ1) is 11.8. The maximum Gasteiger partial charge on any atom is 0.273 e. The number of pyridine rings is 1. The van der Waals surface area contributed by atoms with Crippen LogP contribution in [0.5, 0.6) is 0 Å². The summed E-state index contributed by atoms with van der Waals surface area (Å²) < 4.78 is 1.97. The van der Waals surface area contributed by atoms with Crippen molar-refractivity contribution < 1.29 is 4.79 Å². The molecule has 1 aliphatic heterocycles. The lowest BCUT2D eigenvalue weighted by molar-refractivity contribution is 0.0617. The van der Waals surface area contributed by atoms with Crippen LogP contribution in [0.25, 0.3) is 10.8 Å². The molecule has 138 valence electrons. The Morgan fingerprint density at radius 2 is 1.96 bits per heavy atom. The molecule has 1 aliphatic rings. The number of aryl methyl sites for hydroxylation is 1. The fraction of sp³-hybridized carbons (Fsp3) is 0.278. The van der Waals surface area contributed by atoms with Gasteiger partial charge in [0.05, 0.1) is 0 Å². The monoisotopic (exact) mass is 393 g/mol. The number of carbonyl (C=O) groups excluding carboxylic acids is 1. The fourth-order valence-corrected chi connectivity index (χ4v) is 3.30. The Hall–Kier alpha value is -2.15. The third-order valence-electron chi connectivity index (χ3n) is 4.54. The van der Waals surface area contributed by atoms with Crippen molar-refractivity contribution in [2.45, 2.75) is 6.04 Å². The number of amides is 1. The second-order valence-electron chi connectivity index (χ2n) is 6.00. The Balaban J connectivity index is 0.00000121. The third-order valence-corrected chi connectivity index (χ3v) is 4.54. The van der Waals surface area contributed by atoms with Crippen molar-refractivity contribution >= 4 is 41.5 Å². The van der Waals surface area contributed by atoms with Crippen molar-refractivity contribution in [2.75, 3.05) is 19.6 Å². The topological polar surface area (TPSA) is 63.1 Å². The number of benzene rings is 1. The Morgan fingerprint density at radius 3 is 2.73 bits per heavy atom. The van der Waals surface area contributed by atoms with Crippen molar-refractivity contribution in [1.29, 1.82) is 0 Å². The molecular weight excluding hydrogens is 373 g/mol. The summed E-state index contributed by atoms with van der Waals surface area (Å²) in [7, 11) is 1.95. The van der Waals surface area contributed by atoms with E-state index >= 15 is 0 Å². The third kappa shape index (κ3) is 3.53. The van der Waals surface area contributed by atoms with Gasteiger partial charge in [0.2, 0.25) is 0 Å². The molecule has 0 spiro atoms. The number of halogens is 2. The molecule has 2 aromatic heterocycles. The summed E-state index contributed by atoms with van der Waals surface area (Å²) in [6, 6.07) is 9.70. The summed E-state index contributed by atoms with van der Waals surface area (Å²) in [5, 5.41) is 5.27. The molecule has 1 unspecified atom stereocenters. The van der Waals surface area contributed by atoms with Crippen molar-refractivity contribution in [2.24, 2.45) is 7.05 Å². The predicted molar refractivity (Wildman–Crippen MR) is 106 cm³/mol. The molecule has 0 aliphatic carbocycles. The number of aromatic nitrogens is 3. The molecule has 0 radical (unpaired) electrons. The molecule has 26 heavy (non-hydrogen) atoms. The highest BCUT2D eigenvalue weighted by atomic mass is 35.5. The van der Waals surface area contributed by atoms with Crippen LogP contribution in [0.4, 0.5) is 0 Å². The highest BCUT2D eigenvalue weighted by Crippen LogP contribution is 2.25. The van der Waals surface area contributed by atoms with Crippen LogP contribution in [0.15, 0.2) is 48.9 Å². The van der Waals surface area contributed by atoms with Gasteiger partial charge < -0.3 is 14.8 Å². The number of fused-ring (bicyclic) bond motifs is 1. The number of piperazine rings is 1. The Bertz CT molecular complexity index is 893. The molecule has 0 saturated carbocycles. The lowest BCUT2D eigenvalue weighted by Gasteiger charge is -2.35. The molecule has 1 saturated heterocycles. The van der Waals surface area contributed by atoms with Crippen LogP contribution >= 0.6 is 24.8 Å². The highest BCUT2D eigenvalue weighted by Gasteiger charge is 2.32. The first-order valence-electron chi connectivity index (χ1n) is 8.08. The predicted octanol–water partition coefficient (Wildman–Crippen LogP) is 2.60. The van der Waals surface area contributed by atoms with Gasteiger partial charge in [-0.2, -0.15) is 0 Å². The maximum atomic E-state index is 13.2. The standard InChI is InChI=1S/C18H19N5O.2ClH/c1-22-10-9-21-17(22)15-12-19-8-11-23(15)18(24)16-14-5-3-2-4-13(14)6-7-20-16;;/h2-7,9-10,15,19H,8,11-12H2,1H3;2*1H. The van der Waals surface area contributed by atoms with Crippen LogP contribution in [-0.4, -0.2) is 45.0 Å². The Kier molecular flexibility index (Phi) is 6.58. The number of nitrogens with one attached hydrogen (secondary N) is 1. The lowest BCUT2D eigenvalue weighted by atomic mass is 10.1. The second-order valence-corrected chi connectivity index (χ2v) is 6.00. The van der Waals surface area contributed by atoms with Gasteiger partial charge in [-0.15, -0.1) is 24.8 Å². The Labute approximate surface area is 164 Å². The first kappa shape index (κ1) is 20.2. The summed E-state index contributed by atoms with van der Waals surface area (Å²) in [6.45, 7) is 2.11. The van der Waals surface area contributed by atoms with Gasteiger partial charge in [-0.05, 0) is 11.5 Å². The Morgan fingerprint density at radius 1 is 1.15 bits per heavy atom. The van der Waals surface area contributed by atoms with Gasteiger partial charge in [-0.25, -0.2) is 4.98 Å². The van der Waals surface area contributed by atoms with E-state index in [1.165, 1.54) is 0 Å². The van der Waals surface area contributed by atoms with Crippen LogP contribution in [0.2, 0.25) is 0 Å². The van der Waals surface area contributed by atoms with Crippen LogP contribution in [-0.2, 0) is 7.05 Å². The minimum Gasteiger partial charge on any atom is -0.336 e. The van der Waals surface area contributed by atoms with E-state index in [1.54, 1.807) is 12.4 Å². The van der Waals surface area contributed by atoms with Gasteiger partial charge in [0.1, 0.15) is 17.6 Å². The van der Waals surface area contributed by atoms with E-state index in [1.807, 2.05) is 53.0 Å². The van der Waals surface area contributed by atoms with Gasteiger partial charge in [0, 0.05) is 50.7 Å². The second kappa shape index (κ2) is 8.49. The quantitative estimate of drug-likeness (QED) is 0.726. The van der Waals surface area contributed by atoms with E-state index < -0.39 is 0 Å². The smallest absolute Gasteiger partial charge is 0.273 e. The lowest BCUT2D eigenvalue weighted by Crippen LogP contribution is -2.49. The van der Waals surface area contributed by atoms with Crippen molar-refractivity contribution in [3.05, 3.63) is 60.4 Å². The molecule has 1 atom stereocenters. The number of rotatable bonds is 2. The number of nitrogens with zero attached hydrogens (tertiary/aromatic N) is 4. The van der Waals surface area contributed by atoms with Gasteiger partial charge in [0.25, 0.3) is 5.91 Å². The van der Waals surface area contributed by atoms with E-state index in [4.69, 9.17) is 0 Å². The summed E-state index contributed by atoms with van der Waals surface area (Å²) >= 11 is 0. The van der Waals surface area contributed by atoms with E-state index in [0.29, 0.717) is 18.8 Å². The summed E-state index contributed by atoms with van der Waals surface area (Å²) in [5.74, 6) is 0.845. The zero-order chi connectivity index (χ0) is 16.5. The molecule has 1 N–H and O–H groups in total. The summed E-state index contributed by atoms with van der Waals surface area (Å²) in [6.07, 6.45) is 5.37. The molecule has 1 amide bonds. The first-order valence-corrected chi connectivity index (χ1v) is 8.08. The van der Waals surface area contributed by atoms with Crippen molar-refractivity contribution in [3.63, 3.8) is 0 Å². The van der Waals surface area contributed by atoms with Crippen LogP contribution in [0, 0.1) is 0 Å². The van der Waals surface area contributed by atoms with Crippen molar-refractivity contribution in [1.82, 2.24) is 24.8 Å². The van der Waals surface area contributed by atoms with E-state index in [9.17, 15) is 4.79 Å². The van der Waals surface area contributed by atoms with E-state index in [2.05, 4.69) is 15.3 Å². The van der Waals surface area contributed by atoms with Gasteiger partial charge in [-0.1, -0.05) is 24.3 Å². The largest absolute Gasteiger partial charge is 0.336 e. The number of imidazole rings is 1. The molecule has 1 fully saturated rings.